The maximum absolute atomic E-state index is 14.5. The molecule has 1 aromatic heterocycles. The normalized spacial score (nSPS) is 23.7. The summed E-state index contributed by atoms with van der Waals surface area (Å²) in [5.74, 6) is -0.583. The van der Waals surface area contributed by atoms with Crippen molar-refractivity contribution in [2.75, 3.05) is 19.3 Å². The summed E-state index contributed by atoms with van der Waals surface area (Å²) in [7, 11) is -3.32. The third-order valence-electron chi connectivity index (χ3n) is 5.59. The second-order valence-electron chi connectivity index (χ2n) is 8.23. The molecule has 0 amide bonds. The summed E-state index contributed by atoms with van der Waals surface area (Å²) in [4.78, 5) is 12.0. The maximum Gasteiger partial charge on any atom is 0.209 e. The zero-order chi connectivity index (χ0) is 22.3. The second kappa shape index (κ2) is 8.16. The number of nitrogens with zero attached hydrogens (tertiary/aromatic N) is 3. The molecule has 2 aliphatic rings. The maximum atomic E-state index is 14.5. The number of likely N-dealkylation sites (tertiary alicyclic amines) is 1. The number of aromatic nitrogens is 1. The van der Waals surface area contributed by atoms with Crippen LogP contribution in [-0.4, -0.2) is 49.5 Å². The Bertz CT molecular complexity index is 1120. The zero-order valence-corrected chi connectivity index (χ0v) is 18.3. The number of hydrogen-bond acceptors (Lipinski definition) is 6. The van der Waals surface area contributed by atoms with Gasteiger partial charge in [-0.3, -0.25) is 4.98 Å². The van der Waals surface area contributed by atoms with Crippen LogP contribution < -0.4 is 4.72 Å². The van der Waals surface area contributed by atoms with E-state index in [1.54, 1.807) is 19.2 Å². The van der Waals surface area contributed by atoms with Crippen molar-refractivity contribution in [3.8, 4) is 11.1 Å². The zero-order valence-electron chi connectivity index (χ0n) is 17.5. The largest absolute Gasteiger partial charge is 0.384 e. The van der Waals surface area contributed by atoms with Gasteiger partial charge in [0.05, 0.1) is 23.9 Å². The molecule has 1 fully saturated rings. The molecule has 7 nitrogen and oxygen atoms in total. The van der Waals surface area contributed by atoms with E-state index in [0.717, 1.165) is 11.8 Å². The molecular formula is C21H24F2N4O3S. The number of hydrogen-bond donors (Lipinski definition) is 1. The highest BCUT2D eigenvalue weighted by Crippen LogP contribution is 2.37. The van der Waals surface area contributed by atoms with Gasteiger partial charge in [0.25, 0.3) is 0 Å². The molecule has 31 heavy (non-hydrogen) atoms. The van der Waals surface area contributed by atoms with Crippen LogP contribution in [0.4, 0.5) is 8.78 Å². The minimum atomic E-state index is -3.32. The minimum Gasteiger partial charge on any atom is -0.384 e. The molecule has 1 saturated heterocycles. The van der Waals surface area contributed by atoms with Crippen molar-refractivity contribution in [2.24, 2.45) is 11.1 Å². The Hall–Kier alpha value is -2.59. The molecule has 1 N–H and O–H groups in total. The number of nitrogens with one attached hydrogen (secondary N) is 1. The Balaban J connectivity index is 1.57. The molecule has 2 aliphatic heterocycles. The monoisotopic (exact) mass is 450 g/mol. The van der Waals surface area contributed by atoms with Crippen molar-refractivity contribution in [1.29, 1.82) is 0 Å². The number of aryl methyl sites for hydroxylation is 1. The number of sulfonamides is 1. The van der Waals surface area contributed by atoms with E-state index in [1.807, 2.05) is 11.8 Å². The molecule has 1 aromatic carbocycles. The van der Waals surface area contributed by atoms with Crippen LogP contribution in [-0.2, 0) is 14.9 Å². The van der Waals surface area contributed by atoms with Crippen molar-refractivity contribution in [3.05, 3.63) is 53.4 Å². The summed E-state index contributed by atoms with van der Waals surface area (Å²) in [6.45, 7) is 4.87. The first kappa shape index (κ1) is 21.6. The first-order valence-electron chi connectivity index (χ1n) is 9.98. The van der Waals surface area contributed by atoms with Crippen molar-refractivity contribution in [2.45, 2.75) is 32.4 Å². The minimum absolute atomic E-state index is 0.0945. The summed E-state index contributed by atoms with van der Waals surface area (Å²) >= 11 is 0. The second-order valence-corrected chi connectivity index (χ2v) is 10.0. The van der Waals surface area contributed by atoms with Crippen molar-refractivity contribution < 1.29 is 22.0 Å². The number of benzene rings is 1. The highest BCUT2D eigenvalue weighted by molar-refractivity contribution is 7.88. The summed E-state index contributed by atoms with van der Waals surface area (Å²) in [6, 6.07) is 5.21. The lowest BCUT2D eigenvalue weighted by Gasteiger charge is -2.18. The van der Waals surface area contributed by atoms with Gasteiger partial charge in [-0.05, 0) is 36.6 Å². The molecule has 0 unspecified atom stereocenters. The van der Waals surface area contributed by atoms with Crippen LogP contribution in [0.25, 0.3) is 11.1 Å². The van der Waals surface area contributed by atoms with Gasteiger partial charge in [0, 0.05) is 30.9 Å². The first-order chi connectivity index (χ1) is 14.6. The third kappa shape index (κ3) is 4.54. The van der Waals surface area contributed by atoms with E-state index < -0.39 is 27.8 Å². The number of oxime groups is 1. The fourth-order valence-corrected chi connectivity index (χ4v) is 4.95. The van der Waals surface area contributed by atoms with Gasteiger partial charge in [-0.25, -0.2) is 21.9 Å². The van der Waals surface area contributed by atoms with Gasteiger partial charge in [-0.15, -0.1) is 0 Å². The van der Waals surface area contributed by atoms with E-state index in [0.29, 0.717) is 36.6 Å². The smallest absolute Gasteiger partial charge is 0.209 e. The lowest BCUT2D eigenvalue weighted by atomic mass is 9.97. The highest BCUT2D eigenvalue weighted by Gasteiger charge is 2.37. The van der Waals surface area contributed by atoms with Gasteiger partial charge in [-0.1, -0.05) is 18.1 Å². The standard InChI is InChI=1S/C21H24F2N4O3S/c1-12-7-14(20-15(22)5-4-6-16(20)23)21(24-9-12)18-8-19(25-30-18)27-10-13(2)17(11-27)26-31(3,28)29/h4-7,9,13,17-18,26H,8,10-11H2,1-3H3/t13-,17-,18-/m0/s1. The van der Waals surface area contributed by atoms with Crippen LogP contribution in [0.2, 0.25) is 0 Å². The third-order valence-corrected chi connectivity index (χ3v) is 6.32. The van der Waals surface area contributed by atoms with E-state index in [9.17, 15) is 17.2 Å². The van der Waals surface area contributed by atoms with E-state index >= 15 is 0 Å². The average molecular weight is 451 g/mol. The molecule has 10 heteroatoms. The molecule has 0 aliphatic carbocycles. The molecule has 0 bridgehead atoms. The topological polar surface area (TPSA) is 83.9 Å². The molecule has 0 saturated carbocycles. The van der Waals surface area contributed by atoms with Crippen molar-refractivity contribution in [3.63, 3.8) is 0 Å². The first-order valence-corrected chi connectivity index (χ1v) is 11.9. The van der Waals surface area contributed by atoms with Crippen LogP contribution in [0.1, 0.15) is 30.7 Å². The SMILES string of the molecule is Cc1cnc([C@@H]2CC(N3C[C@H](NS(C)(=O)=O)[C@@H](C)C3)=NO2)c(-c2c(F)cccc2F)c1. The van der Waals surface area contributed by atoms with E-state index in [2.05, 4.69) is 14.9 Å². The van der Waals surface area contributed by atoms with Crippen LogP contribution in [0, 0.1) is 24.5 Å². The molecule has 4 rings (SSSR count). The molecule has 166 valence electrons. The number of rotatable bonds is 4. The van der Waals surface area contributed by atoms with E-state index in [-0.39, 0.29) is 17.5 Å². The van der Waals surface area contributed by atoms with Gasteiger partial charge in [0.15, 0.2) is 6.10 Å². The Morgan fingerprint density at radius 1 is 1.23 bits per heavy atom. The quantitative estimate of drug-likeness (QED) is 0.774. The Morgan fingerprint density at radius 3 is 2.61 bits per heavy atom. The summed E-state index contributed by atoms with van der Waals surface area (Å²) in [5, 5.41) is 4.18. The Kier molecular flexibility index (Phi) is 5.69. The Labute approximate surface area is 180 Å². The Morgan fingerprint density at radius 2 is 1.94 bits per heavy atom. The summed E-state index contributed by atoms with van der Waals surface area (Å²) in [6.07, 6.45) is 2.54. The average Bonchev–Trinajstić information content (AvgIpc) is 3.28. The number of pyridine rings is 1. The lowest BCUT2D eigenvalue weighted by molar-refractivity contribution is 0.0828. The van der Waals surface area contributed by atoms with Crippen LogP contribution in [0.5, 0.6) is 0 Å². The molecule has 2 aromatic rings. The molecule has 0 spiro atoms. The van der Waals surface area contributed by atoms with Gasteiger partial charge in [0.1, 0.15) is 17.5 Å². The molecular weight excluding hydrogens is 426 g/mol. The van der Waals surface area contributed by atoms with E-state index in [1.165, 1.54) is 18.2 Å². The molecule has 3 atom stereocenters. The predicted octanol–water partition coefficient (Wildman–Crippen LogP) is 2.98. The van der Waals surface area contributed by atoms with Gasteiger partial charge >= 0.3 is 0 Å². The molecule has 0 radical (unpaired) electrons. The lowest BCUT2D eigenvalue weighted by Crippen LogP contribution is -2.39. The summed E-state index contributed by atoms with van der Waals surface area (Å²) in [5.41, 5.74) is 1.37. The van der Waals surface area contributed by atoms with Crippen LogP contribution in [0.3, 0.4) is 0 Å². The van der Waals surface area contributed by atoms with Gasteiger partial charge in [0.2, 0.25) is 10.0 Å². The number of halogens is 2. The van der Waals surface area contributed by atoms with Gasteiger partial charge < -0.3 is 9.74 Å². The van der Waals surface area contributed by atoms with Crippen LogP contribution >= 0.6 is 0 Å². The van der Waals surface area contributed by atoms with Crippen molar-refractivity contribution in [1.82, 2.24) is 14.6 Å². The van der Waals surface area contributed by atoms with E-state index in [4.69, 9.17) is 4.84 Å². The molecule has 3 heterocycles. The van der Waals surface area contributed by atoms with Crippen LogP contribution in [0.15, 0.2) is 35.6 Å². The highest BCUT2D eigenvalue weighted by atomic mass is 32.2. The summed E-state index contributed by atoms with van der Waals surface area (Å²) < 4.78 is 54.8. The van der Waals surface area contributed by atoms with Crippen molar-refractivity contribution >= 4 is 15.9 Å². The number of amidine groups is 1. The fourth-order valence-electron chi connectivity index (χ4n) is 4.10. The fraction of sp³-hybridized carbons (Fsp3) is 0.429. The predicted molar refractivity (Wildman–Crippen MR) is 113 cm³/mol. The van der Waals surface area contributed by atoms with Gasteiger partial charge in [-0.2, -0.15) is 0 Å².